The number of H-pyrrole nitrogens is 1. The number of hydrogen-bond donors (Lipinski definition) is 2. The van der Waals surface area contributed by atoms with Crippen LogP contribution in [0.1, 0.15) is 65.0 Å². The van der Waals surface area contributed by atoms with E-state index < -0.39 is 18.4 Å². The Kier molecular flexibility index (Phi) is 12.1. The predicted octanol–water partition coefficient (Wildman–Crippen LogP) is 4.12. The van der Waals surface area contributed by atoms with E-state index in [-0.39, 0.29) is 0 Å². The van der Waals surface area contributed by atoms with Crippen LogP contribution in [0.2, 0.25) is 13.3 Å². The first-order valence-electron chi connectivity index (χ1n) is 10.5. The van der Waals surface area contributed by atoms with Gasteiger partial charge in [0.15, 0.2) is 0 Å². The summed E-state index contributed by atoms with van der Waals surface area (Å²) in [5, 5.41) is 11.8. The predicted molar refractivity (Wildman–Crippen MR) is 113 cm³/mol. The molecule has 2 N–H and O–H groups in total. The van der Waals surface area contributed by atoms with Gasteiger partial charge < -0.3 is 0 Å². The Balaban J connectivity index is 2.81. The number of aromatic nitrogens is 2. The van der Waals surface area contributed by atoms with Crippen molar-refractivity contribution < 1.29 is 0 Å². The minimum atomic E-state index is -2.35. The Hall–Kier alpha value is -0.0713. The molecule has 0 aliphatic rings. The van der Waals surface area contributed by atoms with Gasteiger partial charge in [0.2, 0.25) is 0 Å². The third kappa shape index (κ3) is 8.44. The van der Waals surface area contributed by atoms with E-state index >= 15 is 0 Å². The second kappa shape index (κ2) is 13.2. The van der Waals surface area contributed by atoms with Crippen LogP contribution in [0, 0.1) is 0 Å². The van der Waals surface area contributed by atoms with Gasteiger partial charge in [0.05, 0.1) is 0 Å². The Morgan fingerprint density at radius 2 is 1.56 bits per heavy atom. The van der Waals surface area contributed by atoms with Gasteiger partial charge in [-0.25, -0.2) is 0 Å². The van der Waals surface area contributed by atoms with Gasteiger partial charge in [-0.05, 0) is 0 Å². The van der Waals surface area contributed by atoms with Crippen molar-refractivity contribution >= 4 is 22.1 Å². The molecule has 0 bridgehead atoms. The standard InChI is InChI=1S/C8H15N4.3C4H9.Sn/c1-12(2)6-5-9-7-8-3-4-10-11-8;3*1-3-4-2;/h3,9H,5-7H2,1-2H3,(H,10,11);3*1,3-4H2,2H3;. The maximum absolute atomic E-state index is 4.88. The van der Waals surface area contributed by atoms with Crippen LogP contribution >= 0.6 is 0 Å². The molecule has 0 aliphatic carbocycles. The van der Waals surface area contributed by atoms with Crippen molar-refractivity contribution in [3.63, 3.8) is 0 Å². The summed E-state index contributed by atoms with van der Waals surface area (Å²) < 4.78 is 5.99. The summed E-state index contributed by atoms with van der Waals surface area (Å²) in [5.74, 6) is 0. The average Bonchev–Trinajstić information content (AvgIpc) is 3.08. The van der Waals surface area contributed by atoms with Crippen LogP contribution in [0.25, 0.3) is 0 Å². The zero-order valence-corrected chi connectivity index (χ0v) is 20.3. The number of nitrogens with one attached hydrogen (secondary N) is 2. The van der Waals surface area contributed by atoms with E-state index in [4.69, 9.17) is 5.10 Å². The fourth-order valence-electron chi connectivity index (χ4n) is 3.55. The monoisotopic (exact) mass is 458 g/mol. The van der Waals surface area contributed by atoms with Gasteiger partial charge in [0, 0.05) is 0 Å². The van der Waals surface area contributed by atoms with Crippen LogP contribution in [0.15, 0.2) is 6.07 Å². The molecule has 1 rings (SSSR count). The van der Waals surface area contributed by atoms with Crippen LogP contribution in [-0.2, 0) is 6.54 Å². The number of aromatic amines is 1. The molecule has 4 nitrogen and oxygen atoms in total. The number of hydrogen-bond acceptors (Lipinski definition) is 3. The SMILES string of the molecule is CCC[CH2][Sn]([CH2]CCC)([CH2]CCC)[c]1cc(CNCCN(C)C)[nH]n1. The molecule has 0 saturated heterocycles. The van der Waals surface area contributed by atoms with Crippen LogP contribution in [0.5, 0.6) is 0 Å². The number of likely N-dealkylation sites (N-methyl/N-ethyl adjacent to an activating group) is 1. The second-order valence-electron chi connectivity index (χ2n) is 7.85. The van der Waals surface area contributed by atoms with E-state index in [1.807, 2.05) is 0 Å². The van der Waals surface area contributed by atoms with E-state index in [1.165, 1.54) is 61.2 Å². The first kappa shape index (κ1) is 23.0. The Bertz CT molecular complexity index is 423. The third-order valence-corrected chi connectivity index (χ3v) is 20.3. The summed E-state index contributed by atoms with van der Waals surface area (Å²) in [6.07, 6.45) is 8.15. The summed E-state index contributed by atoms with van der Waals surface area (Å²) in [4.78, 5) is 2.22. The van der Waals surface area contributed by atoms with Crippen molar-refractivity contribution in [3.05, 3.63) is 11.8 Å². The molecule has 0 amide bonds. The van der Waals surface area contributed by atoms with Crippen molar-refractivity contribution in [3.8, 4) is 0 Å². The maximum atomic E-state index is 4.88. The molecule has 0 aromatic carbocycles. The van der Waals surface area contributed by atoms with Crippen molar-refractivity contribution in [2.75, 3.05) is 27.2 Å². The van der Waals surface area contributed by atoms with Gasteiger partial charge in [-0.2, -0.15) is 0 Å². The fourth-order valence-corrected chi connectivity index (χ4v) is 18.9. The third-order valence-electron chi connectivity index (χ3n) is 5.25. The molecule has 25 heavy (non-hydrogen) atoms. The summed E-state index contributed by atoms with van der Waals surface area (Å²) in [7, 11) is 4.24. The Morgan fingerprint density at radius 1 is 1.00 bits per heavy atom. The molecular formula is C20H42N4Sn. The van der Waals surface area contributed by atoms with Gasteiger partial charge in [-0.1, -0.05) is 0 Å². The quantitative estimate of drug-likeness (QED) is 0.308. The number of nitrogens with zero attached hydrogens (tertiary/aromatic N) is 2. The molecule has 0 spiro atoms. The molecule has 1 aromatic heterocycles. The second-order valence-corrected chi connectivity index (χ2v) is 20.9. The molecule has 5 heteroatoms. The Labute approximate surface area is 160 Å². The molecule has 146 valence electrons. The minimum absolute atomic E-state index is 0.915. The molecule has 0 atom stereocenters. The van der Waals surface area contributed by atoms with Crippen molar-refractivity contribution in [1.29, 1.82) is 0 Å². The van der Waals surface area contributed by atoms with Crippen molar-refractivity contribution in [2.24, 2.45) is 0 Å². The Morgan fingerprint density at radius 3 is 2.04 bits per heavy atom. The van der Waals surface area contributed by atoms with E-state index in [0.717, 1.165) is 19.6 Å². The summed E-state index contributed by atoms with van der Waals surface area (Å²) in [6.45, 7) is 10.0. The zero-order chi connectivity index (χ0) is 18.5. The summed E-state index contributed by atoms with van der Waals surface area (Å²) >= 11 is -2.35. The topological polar surface area (TPSA) is 44.0 Å². The van der Waals surface area contributed by atoms with Gasteiger partial charge in [0.25, 0.3) is 0 Å². The molecule has 0 saturated carbocycles. The van der Waals surface area contributed by atoms with Gasteiger partial charge in [0.1, 0.15) is 0 Å². The molecule has 1 aromatic rings. The van der Waals surface area contributed by atoms with Crippen LogP contribution in [-0.4, -0.2) is 60.7 Å². The van der Waals surface area contributed by atoms with Crippen LogP contribution in [0.3, 0.4) is 0 Å². The van der Waals surface area contributed by atoms with Gasteiger partial charge >= 0.3 is 161 Å². The summed E-state index contributed by atoms with van der Waals surface area (Å²) in [6, 6.07) is 2.43. The number of rotatable bonds is 15. The van der Waals surface area contributed by atoms with E-state index in [0.29, 0.717) is 0 Å². The first-order chi connectivity index (χ1) is 12.1. The molecular weight excluding hydrogens is 415 g/mol. The molecule has 0 aliphatic heterocycles. The summed E-state index contributed by atoms with van der Waals surface area (Å²) in [5.41, 5.74) is 1.28. The molecule has 0 fully saturated rings. The van der Waals surface area contributed by atoms with Gasteiger partial charge in [-0.3, -0.25) is 0 Å². The number of unbranched alkanes of at least 4 members (excludes halogenated alkanes) is 3. The van der Waals surface area contributed by atoms with Crippen molar-refractivity contribution in [2.45, 2.75) is 79.2 Å². The van der Waals surface area contributed by atoms with E-state index in [9.17, 15) is 0 Å². The van der Waals surface area contributed by atoms with Crippen molar-refractivity contribution in [1.82, 2.24) is 20.4 Å². The molecule has 0 radical (unpaired) electrons. The fraction of sp³-hybridized carbons (Fsp3) is 0.850. The zero-order valence-electron chi connectivity index (χ0n) is 17.5. The average molecular weight is 457 g/mol. The van der Waals surface area contributed by atoms with E-state index in [1.54, 1.807) is 0 Å². The van der Waals surface area contributed by atoms with E-state index in [2.05, 4.69) is 56.2 Å². The molecule has 0 unspecified atom stereocenters. The first-order valence-corrected chi connectivity index (χ1v) is 18.0. The normalized spacial score (nSPS) is 12.2. The molecule has 1 heterocycles. The van der Waals surface area contributed by atoms with Crippen LogP contribution < -0.4 is 9.03 Å². The van der Waals surface area contributed by atoms with Gasteiger partial charge in [-0.15, -0.1) is 0 Å². The van der Waals surface area contributed by atoms with Crippen LogP contribution in [0.4, 0.5) is 0 Å².